The van der Waals surface area contributed by atoms with Gasteiger partial charge in [-0.3, -0.25) is 18.7 Å². The standard InChI is InChI=1S/C53H43N5O/c1-36-29-49-46(34-55-36)45-26-25-42(32-50(45)58(49)51-30-37(27-28-54-51)33-53(2,3)4)59-41-20-13-19-40(31-41)56-35-57(48-24-12-11-23-47(48)56)52-43(38-15-7-5-8-16-38)21-14-22-44(52)39-17-9-6-10-18-39/h5-32,34H,33H2,1-4H3/i1D3,5D,6D,7D,8D,9D,10D,15D,16D,17D,18D,33D2. The zero-order chi connectivity index (χ0) is 53.1. The van der Waals surface area contributed by atoms with Gasteiger partial charge >= 0.3 is 0 Å². The summed E-state index contributed by atoms with van der Waals surface area (Å²) >= 11 is 0. The van der Waals surface area contributed by atoms with Gasteiger partial charge in [0.25, 0.3) is 6.33 Å². The van der Waals surface area contributed by atoms with Crippen LogP contribution < -0.4 is 9.30 Å². The van der Waals surface area contributed by atoms with Crippen molar-refractivity contribution in [1.82, 2.24) is 19.1 Å². The van der Waals surface area contributed by atoms with E-state index in [1.54, 1.807) is 86.5 Å². The van der Waals surface area contributed by atoms with E-state index in [0.717, 1.165) is 0 Å². The van der Waals surface area contributed by atoms with Crippen molar-refractivity contribution in [1.29, 1.82) is 0 Å². The molecule has 0 aliphatic rings. The Hall–Kier alpha value is -7.31. The Labute approximate surface area is 365 Å². The second-order valence-electron chi connectivity index (χ2n) is 14.9. The van der Waals surface area contributed by atoms with Crippen LogP contribution in [0.4, 0.5) is 0 Å². The first-order valence-electron chi connectivity index (χ1n) is 26.3. The van der Waals surface area contributed by atoms with Gasteiger partial charge in [0.2, 0.25) is 0 Å². The molecule has 6 heteroatoms. The molecule has 59 heavy (non-hydrogen) atoms. The zero-order valence-corrected chi connectivity index (χ0v) is 32.1. The van der Waals surface area contributed by atoms with Crippen molar-refractivity contribution in [2.24, 2.45) is 5.41 Å². The number of fused-ring (bicyclic) bond motifs is 4. The van der Waals surface area contributed by atoms with E-state index in [-0.39, 0.29) is 33.6 Å². The fourth-order valence-electron chi connectivity index (χ4n) is 7.45. The predicted molar refractivity (Wildman–Crippen MR) is 239 cm³/mol. The van der Waals surface area contributed by atoms with Gasteiger partial charge in [0.1, 0.15) is 17.3 Å². The molecule has 0 aliphatic carbocycles. The summed E-state index contributed by atoms with van der Waals surface area (Å²) in [5.74, 6) is 1.12. The number of para-hydroxylation sites is 3. The van der Waals surface area contributed by atoms with E-state index in [1.165, 1.54) is 18.5 Å². The highest BCUT2D eigenvalue weighted by atomic mass is 16.5. The number of aromatic nitrogens is 5. The minimum Gasteiger partial charge on any atom is -0.458 e. The van der Waals surface area contributed by atoms with Crippen LogP contribution in [0.3, 0.4) is 0 Å². The highest BCUT2D eigenvalue weighted by molar-refractivity contribution is 6.09. The molecule has 10 rings (SSSR count). The molecule has 0 radical (unpaired) electrons. The van der Waals surface area contributed by atoms with Crippen LogP contribution in [0.1, 0.15) is 52.6 Å². The van der Waals surface area contributed by atoms with Gasteiger partial charge in [-0.1, -0.05) is 130 Å². The minimum atomic E-state index is -2.52. The summed E-state index contributed by atoms with van der Waals surface area (Å²) in [4.78, 5) is 8.96. The van der Waals surface area contributed by atoms with E-state index in [9.17, 15) is 0 Å². The number of hydrogen-bond acceptors (Lipinski definition) is 3. The van der Waals surface area contributed by atoms with Crippen molar-refractivity contribution in [2.45, 2.75) is 34.0 Å². The van der Waals surface area contributed by atoms with E-state index < -0.39 is 79.1 Å². The van der Waals surface area contributed by atoms with Gasteiger partial charge in [0.15, 0.2) is 0 Å². The average molecular weight is 781 g/mol. The molecule has 0 bridgehead atoms. The fraction of sp³-hybridized carbons (Fsp3) is 0.113. The quantitative estimate of drug-likeness (QED) is 0.114. The topological polar surface area (TPSA) is 48.8 Å². The van der Waals surface area contributed by atoms with Crippen LogP contribution >= 0.6 is 0 Å². The van der Waals surface area contributed by atoms with Crippen molar-refractivity contribution < 1.29 is 29.9 Å². The maximum Gasteiger partial charge on any atom is 0.269 e. The van der Waals surface area contributed by atoms with E-state index in [4.69, 9.17) is 25.3 Å². The number of ether oxygens (including phenoxy) is 1. The lowest BCUT2D eigenvalue weighted by Gasteiger charge is -2.18. The van der Waals surface area contributed by atoms with Gasteiger partial charge in [0.05, 0.1) is 47.1 Å². The van der Waals surface area contributed by atoms with Crippen molar-refractivity contribution in [3.05, 3.63) is 194 Å². The van der Waals surface area contributed by atoms with Crippen LogP contribution in [-0.2, 0) is 6.37 Å². The molecule has 4 aromatic heterocycles. The largest absolute Gasteiger partial charge is 0.458 e. The molecule has 0 fully saturated rings. The smallest absolute Gasteiger partial charge is 0.269 e. The maximum atomic E-state index is 9.03. The Morgan fingerprint density at radius 3 is 2.17 bits per heavy atom. The van der Waals surface area contributed by atoms with E-state index in [2.05, 4.69) is 16.3 Å². The first kappa shape index (κ1) is 23.2. The van der Waals surface area contributed by atoms with E-state index >= 15 is 0 Å². The highest BCUT2D eigenvalue weighted by Gasteiger charge is 2.21. The number of imidazole rings is 1. The van der Waals surface area contributed by atoms with Gasteiger partial charge in [-0.15, -0.1) is 0 Å². The van der Waals surface area contributed by atoms with Gasteiger partial charge in [-0.2, -0.15) is 0 Å². The second kappa shape index (κ2) is 14.6. The Balaban J connectivity index is 1.14. The molecule has 286 valence electrons. The van der Waals surface area contributed by atoms with Gasteiger partial charge in [-0.25, -0.2) is 4.98 Å². The molecule has 10 aromatic rings. The third kappa shape index (κ3) is 6.83. The first-order chi connectivity index (χ1) is 34.9. The molecule has 4 heterocycles. The van der Waals surface area contributed by atoms with Gasteiger partial charge < -0.3 is 4.74 Å². The normalized spacial score (nSPS) is 15.9. The summed E-state index contributed by atoms with van der Waals surface area (Å²) in [6, 6.07) is 23.5. The lowest BCUT2D eigenvalue weighted by atomic mass is 9.88. The number of pyridine rings is 2. The van der Waals surface area contributed by atoms with E-state index in [0.29, 0.717) is 61.4 Å². The maximum absolute atomic E-state index is 9.03. The number of aryl methyl sites for hydroxylation is 1. The molecule has 0 spiro atoms. The minimum absolute atomic E-state index is 0.112. The monoisotopic (exact) mass is 780 g/mol. The predicted octanol–water partition coefficient (Wildman–Crippen LogP) is 12.6. The van der Waals surface area contributed by atoms with Crippen LogP contribution in [0.25, 0.3) is 72.3 Å². The molecule has 0 N–H and O–H groups in total. The van der Waals surface area contributed by atoms with Crippen LogP contribution in [0.2, 0.25) is 0 Å². The Morgan fingerprint density at radius 1 is 0.712 bits per heavy atom. The van der Waals surface area contributed by atoms with Crippen LogP contribution in [0.5, 0.6) is 11.5 Å². The molecule has 0 saturated carbocycles. The summed E-state index contributed by atoms with van der Waals surface area (Å²) < 4.78 is 141. The third-order valence-corrected chi connectivity index (χ3v) is 9.79. The summed E-state index contributed by atoms with van der Waals surface area (Å²) in [6.45, 7) is 2.92. The lowest BCUT2D eigenvalue weighted by molar-refractivity contribution is -0.571. The highest BCUT2D eigenvalue weighted by Crippen LogP contribution is 2.37. The number of benzene rings is 6. The molecule has 0 aliphatic heterocycles. The molecule has 0 atom stereocenters. The first-order valence-corrected chi connectivity index (χ1v) is 18.8. The molecular weight excluding hydrogens is 723 g/mol. The Kier molecular flexibility index (Phi) is 5.72. The lowest BCUT2D eigenvalue weighted by Crippen LogP contribution is -2.31. The average Bonchev–Trinajstić information content (AvgIpc) is 3.93. The van der Waals surface area contributed by atoms with Crippen LogP contribution in [0.15, 0.2) is 176 Å². The zero-order valence-electron chi connectivity index (χ0n) is 47.1. The Morgan fingerprint density at radius 2 is 1.42 bits per heavy atom. The molecule has 0 unspecified atom stereocenters. The molecule has 0 amide bonds. The summed E-state index contributed by atoms with van der Waals surface area (Å²) in [6.07, 6.45) is 4.66. The number of hydrogen-bond donors (Lipinski definition) is 0. The van der Waals surface area contributed by atoms with Crippen molar-refractivity contribution in [3.63, 3.8) is 0 Å². The molecule has 6 nitrogen and oxygen atoms in total. The van der Waals surface area contributed by atoms with Crippen molar-refractivity contribution in [2.75, 3.05) is 0 Å². The van der Waals surface area contributed by atoms with Crippen molar-refractivity contribution >= 4 is 32.8 Å². The molecule has 6 aromatic carbocycles. The Bertz CT molecular complexity index is 3820. The summed E-state index contributed by atoms with van der Waals surface area (Å²) in [7, 11) is 0. The van der Waals surface area contributed by atoms with Crippen LogP contribution in [-0.4, -0.2) is 19.1 Å². The number of nitrogens with zero attached hydrogens (tertiary/aromatic N) is 5. The fourth-order valence-corrected chi connectivity index (χ4v) is 7.45. The van der Waals surface area contributed by atoms with Crippen molar-refractivity contribution in [3.8, 4) is 50.9 Å². The van der Waals surface area contributed by atoms with Gasteiger partial charge in [0, 0.05) is 41.8 Å². The van der Waals surface area contributed by atoms with E-state index in [1.807, 2.05) is 45.0 Å². The van der Waals surface area contributed by atoms with Gasteiger partial charge in [-0.05, 0) is 95.0 Å². The second-order valence-corrected chi connectivity index (χ2v) is 14.9. The summed E-state index contributed by atoms with van der Waals surface area (Å²) in [5.41, 5.74) is 2.18. The molecule has 0 saturated heterocycles. The van der Waals surface area contributed by atoms with Crippen LogP contribution in [0, 0.1) is 18.6 Å². The third-order valence-electron chi connectivity index (χ3n) is 9.79. The summed E-state index contributed by atoms with van der Waals surface area (Å²) in [5, 5.41) is 1.35. The molecular formula is C53H43N5O. The number of rotatable bonds is 8. The SMILES string of the molecule is [2H]c1c([2H])c([2H])c(-c2cccc(-c3c([2H])c([2H])c([2H])c([2H])c3[2H])c2-[n+]2[c-]n(-c3cccc(Oc4ccc5c6cnc(C([2H])([2H])[2H])cc6n(-c6cc(C([2H])([2H])C(C)(C)C)ccn6)c5c4)c3)c3ccccc32)c([2H])c1[2H].